The molecule has 1 fully saturated rings. The van der Waals surface area contributed by atoms with Crippen LogP contribution in [0.25, 0.3) is 0 Å². The lowest BCUT2D eigenvalue weighted by molar-refractivity contribution is 0.108. The number of halogens is 1. The maximum Gasteiger partial charge on any atom is 0.122 e. The highest BCUT2D eigenvalue weighted by Gasteiger charge is 2.26. The Morgan fingerprint density at radius 2 is 2.24 bits per heavy atom. The standard InChI is InChI=1S/C17H26N2O.ClH/c1-13-3-2-8-19(16(13)12-18)9-6-14-4-5-17-15(11-14)7-10-20-17;/h4-5,11,13,16H,2-3,6-10,12,18H2,1H3;1H. The fraction of sp³-hybridized carbons (Fsp3) is 0.647. The largest absolute Gasteiger partial charge is 0.493 e. The van der Waals surface area contributed by atoms with Crippen LogP contribution in [0.5, 0.6) is 5.75 Å². The van der Waals surface area contributed by atoms with E-state index in [-0.39, 0.29) is 12.4 Å². The first-order chi connectivity index (χ1) is 9.78. The average Bonchev–Trinajstić information content (AvgIpc) is 2.92. The number of ether oxygens (including phenoxy) is 1. The minimum absolute atomic E-state index is 0. The molecule has 0 spiro atoms. The zero-order valence-corrected chi connectivity index (χ0v) is 13.7. The molecule has 1 aromatic carbocycles. The molecule has 2 atom stereocenters. The molecule has 1 saturated heterocycles. The summed E-state index contributed by atoms with van der Waals surface area (Å²) in [6.45, 7) is 6.32. The maximum atomic E-state index is 5.97. The molecular formula is C17H27ClN2O. The van der Waals surface area contributed by atoms with Crippen LogP contribution in [-0.2, 0) is 12.8 Å². The Balaban J connectivity index is 0.00000161. The first-order valence-electron chi connectivity index (χ1n) is 7.96. The Labute approximate surface area is 134 Å². The number of hydrogen-bond acceptors (Lipinski definition) is 3. The Morgan fingerprint density at radius 3 is 3.05 bits per heavy atom. The molecule has 0 aliphatic carbocycles. The summed E-state index contributed by atoms with van der Waals surface area (Å²) in [5.41, 5.74) is 8.78. The van der Waals surface area contributed by atoms with E-state index >= 15 is 0 Å². The zero-order valence-electron chi connectivity index (χ0n) is 12.9. The minimum atomic E-state index is 0. The number of piperidine rings is 1. The highest BCUT2D eigenvalue weighted by Crippen LogP contribution is 2.27. The van der Waals surface area contributed by atoms with Crippen molar-refractivity contribution in [1.82, 2.24) is 4.90 Å². The van der Waals surface area contributed by atoms with E-state index in [1.165, 1.54) is 30.5 Å². The van der Waals surface area contributed by atoms with Gasteiger partial charge >= 0.3 is 0 Å². The van der Waals surface area contributed by atoms with Crippen molar-refractivity contribution in [2.24, 2.45) is 11.7 Å². The predicted molar refractivity (Wildman–Crippen MR) is 89.4 cm³/mol. The number of nitrogens with zero attached hydrogens (tertiary/aromatic N) is 1. The number of fused-ring (bicyclic) bond motifs is 1. The highest BCUT2D eigenvalue weighted by atomic mass is 35.5. The van der Waals surface area contributed by atoms with E-state index in [0.717, 1.165) is 44.2 Å². The molecule has 2 N–H and O–H groups in total. The Hall–Kier alpha value is -0.770. The van der Waals surface area contributed by atoms with Gasteiger partial charge in [-0.2, -0.15) is 0 Å². The van der Waals surface area contributed by atoms with Crippen LogP contribution in [0, 0.1) is 5.92 Å². The van der Waals surface area contributed by atoms with E-state index in [1.54, 1.807) is 0 Å². The van der Waals surface area contributed by atoms with Gasteiger partial charge in [0.1, 0.15) is 5.75 Å². The SMILES string of the molecule is CC1CCCN(CCc2ccc3c(c2)CCO3)C1CN.Cl. The number of benzene rings is 1. The second-order valence-corrected chi connectivity index (χ2v) is 6.25. The average molecular weight is 311 g/mol. The smallest absolute Gasteiger partial charge is 0.122 e. The van der Waals surface area contributed by atoms with E-state index in [2.05, 4.69) is 30.0 Å². The molecule has 21 heavy (non-hydrogen) atoms. The van der Waals surface area contributed by atoms with E-state index < -0.39 is 0 Å². The molecule has 2 unspecified atom stereocenters. The molecule has 4 heteroatoms. The number of likely N-dealkylation sites (tertiary alicyclic amines) is 1. The van der Waals surface area contributed by atoms with Gasteiger partial charge in [0.15, 0.2) is 0 Å². The van der Waals surface area contributed by atoms with Crippen molar-refractivity contribution in [3.05, 3.63) is 29.3 Å². The summed E-state index contributed by atoms with van der Waals surface area (Å²) in [6.07, 6.45) is 4.83. The third-order valence-electron chi connectivity index (χ3n) is 4.91. The molecule has 0 saturated carbocycles. The fourth-order valence-corrected chi connectivity index (χ4v) is 3.66. The lowest BCUT2D eigenvalue weighted by Crippen LogP contribution is -2.49. The van der Waals surface area contributed by atoms with Crippen LogP contribution in [0.4, 0.5) is 0 Å². The molecule has 1 aromatic rings. The molecule has 0 bridgehead atoms. The van der Waals surface area contributed by atoms with Gasteiger partial charge in [-0.1, -0.05) is 19.1 Å². The Kier molecular flexibility index (Phi) is 5.91. The Morgan fingerprint density at radius 1 is 1.38 bits per heavy atom. The minimum Gasteiger partial charge on any atom is -0.493 e. The normalized spacial score (nSPS) is 25.0. The predicted octanol–water partition coefficient (Wildman–Crippen LogP) is 2.65. The number of rotatable bonds is 4. The van der Waals surface area contributed by atoms with Crippen LogP contribution in [0.3, 0.4) is 0 Å². The van der Waals surface area contributed by atoms with Gasteiger partial charge in [0.05, 0.1) is 6.61 Å². The second-order valence-electron chi connectivity index (χ2n) is 6.25. The van der Waals surface area contributed by atoms with Crippen LogP contribution in [0.15, 0.2) is 18.2 Å². The van der Waals surface area contributed by atoms with Gasteiger partial charge in [0, 0.05) is 25.6 Å². The van der Waals surface area contributed by atoms with Gasteiger partial charge < -0.3 is 10.5 Å². The first-order valence-corrected chi connectivity index (χ1v) is 7.96. The monoisotopic (exact) mass is 310 g/mol. The van der Waals surface area contributed by atoms with Crippen molar-refractivity contribution in [1.29, 1.82) is 0 Å². The number of hydrogen-bond donors (Lipinski definition) is 1. The van der Waals surface area contributed by atoms with Crippen LogP contribution < -0.4 is 10.5 Å². The molecule has 2 heterocycles. The summed E-state index contributed by atoms with van der Waals surface area (Å²) in [4.78, 5) is 2.60. The van der Waals surface area contributed by atoms with Crippen molar-refractivity contribution < 1.29 is 4.74 Å². The van der Waals surface area contributed by atoms with Gasteiger partial charge in [-0.3, -0.25) is 4.90 Å². The van der Waals surface area contributed by atoms with Gasteiger partial charge in [-0.25, -0.2) is 0 Å². The van der Waals surface area contributed by atoms with E-state index in [4.69, 9.17) is 10.5 Å². The topological polar surface area (TPSA) is 38.5 Å². The summed E-state index contributed by atoms with van der Waals surface area (Å²) in [5.74, 6) is 1.82. The summed E-state index contributed by atoms with van der Waals surface area (Å²) in [7, 11) is 0. The van der Waals surface area contributed by atoms with Crippen molar-refractivity contribution in [3.63, 3.8) is 0 Å². The third kappa shape index (κ3) is 3.71. The molecule has 2 aliphatic rings. The van der Waals surface area contributed by atoms with Crippen LogP contribution in [0.1, 0.15) is 30.9 Å². The fourth-order valence-electron chi connectivity index (χ4n) is 3.66. The van der Waals surface area contributed by atoms with Gasteiger partial charge in [-0.15, -0.1) is 12.4 Å². The summed E-state index contributed by atoms with van der Waals surface area (Å²) in [5, 5.41) is 0. The molecule has 0 radical (unpaired) electrons. The second kappa shape index (κ2) is 7.48. The van der Waals surface area contributed by atoms with Gasteiger partial charge in [0.25, 0.3) is 0 Å². The molecule has 2 aliphatic heterocycles. The molecular weight excluding hydrogens is 284 g/mol. The van der Waals surface area contributed by atoms with E-state index in [1.807, 2.05) is 0 Å². The van der Waals surface area contributed by atoms with E-state index in [9.17, 15) is 0 Å². The zero-order chi connectivity index (χ0) is 13.9. The Bertz CT molecular complexity index is 466. The van der Waals surface area contributed by atoms with Crippen LogP contribution in [-0.4, -0.2) is 37.2 Å². The number of nitrogens with two attached hydrogens (primary N) is 1. The molecule has 3 nitrogen and oxygen atoms in total. The van der Waals surface area contributed by atoms with E-state index in [0.29, 0.717) is 6.04 Å². The summed E-state index contributed by atoms with van der Waals surface area (Å²) < 4.78 is 5.57. The van der Waals surface area contributed by atoms with Crippen molar-refractivity contribution in [2.75, 3.05) is 26.2 Å². The summed E-state index contributed by atoms with van der Waals surface area (Å²) >= 11 is 0. The van der Waals surface area contributed by atoms with Crippen LogP contribution in [0.2, 0.25) is 0 Å². The highest BCUT2D eigenvalue weighted by molar-refractivity contribution is 5.85. The third-order valence-corrected chi connectivity index (χ3v) is 4.91. The lowest BCUT2D eigenvalue weighted by atomic mass is 9.90. The lowest BCUT2D eigenvalue weighted by Gasteiger charge is -2.39. The molecule has 118 valence electrons. The van der Waals surface area contributed by atoms with Gasteiger partial charge in [0.2, 0.25) is 0 Å². The van der Waals surface area contributed by atoms with Crippen LogP contribution >= 0.6 is 12.4 Å². The maximum absolute atomic E-state index is 5.97. The molecule has 0 amide bonds. The molecule has 3 rings (SSSR count). The first kappa shape index (κ1) is 16.6. The van der Waals surface area contributed by atoms with Crippen molar-refractivity contribution in [2.45, 2.75) is 38.6 Å². The van der Waals surface area contributed by atoms with Crippen molar-refractivity contribution >= 4 is 12.4 Å². The quantitative estimate of drug-likeness (QED) is 0.929. The van der Waals surface area contributed by atoms with Gasteiger partial charge in [-0.05, 0) is 48.9 Å². The molecule has 0 aromatic heterocycles. The van der Waals surface area contributed by atoms with Crippen molar-refractivity contribution in [3.8, 4) is 5.75 Å². The summed E-state index contributed by atoms with van der Waals surface area (Å²) in [6, 6.07) is 7.25.